The predicted molar refractivity (Wildman–Crippen MR) is 147 cm³/mol. The second-order valence-corrected chi connectivity index (χ2v) is 8.96. The Morgan fingerprint density at radius 3 is 2.62 bits per heavy atom. The van der Waals surface area contributed by atoms with Crippen LogP contribution >= 0.6 is 0 Å². The molecule has 7 nitrogen and oxygen atoms in total. The van der Waals surface area contributed by atoms with Crippen LogP contribution in [0.4, 0.5) is 28.9 Å². The van der Waals surface area contributed by atoms with Crippen LogP contribution in [0.25, 0.3) is 10.9 Å². The van der Waals surface area contributed by atoms with Crippen molar-refractivity contribution in [2.75, 3.05) is 51.5 Å². The summed E-state index contributed by atoms with van der Waals surface area (Å²) in [5, 5.41) is 12.5. The number of anilines is 2. The third-order valence-corrected chi connectivity index (χ3v) is 5.98. The van der Waals surface area contributed by atoms with Crippen LogP contribution in [0.1, 0.15) is 22.5 Å². The van der Waals surface area contributed by atoms with Crippen LogP contribution in [0, 0.1) is 11.8 Å². The minimum atomic E-state index is -4.45. The fraction of sp³-hybridized carbons (Fsp3) is 0.393. The highest BCUT2D eigenvalue weighted by Gasteiger charge is 2.30. The SMILES string of the molecule is CNC.COc1cc(C=O)ccc1NCC#Cc1cc2c(NC3CCNCC3F)cccc2n1CC(F)(F)F. The van der Waals surface area contributed by atoms with Crippen molar-refractivity contribution in [3.8, 4) is 17.6 Å². The molecule has 1 aliphatic heterocycles. The van der Waals surface area contributed by atoms with E-state index >= 15 is 0 Å². The van der Waals surface area contributed by atoms with E-state index in [1.54, 1.807) is 42.5 Å². The number of benzene rings is 2. The van der Waals surface area contributed by atoms with Gasteiger partial charge in [0.15, 0.2) is 0 Å². The number of hydrogen-bond acceptors (Lipinski definition) is 6. The first kappa shape index (κ1) is 29.8. The highest BCUT2D eigenvalue weighted by Crippen LogP contribution is 2.31. The van der Waals surface area contributed by atoms with Crippen molar-refractivity contribution < 1.29 is 27.1 Å². The van der Waals surface area contributed by atoms with Crippen LogP contribution in [-0.2, 0) is 6.54 Å². The number of carbonyl (C=O) groups excluding carboxylic acids is 1. The zero-order valence-corrected chi connectivity index (χ0v) is 22.1. The standard InChI is InChI=1S/C26H26F4N4O2.C2H7N/c1-36-25-12-17(15-35)7-8-23(25)32-10-3-4-18-13-19-21(33-22-9-11-31-14-20(22)27)5-2-6-24(19)34(18)16-26(28,29)30;1-3-2/h2,5-8,12-13,15,20,22,31-33H,9-11,14,16H2,1H3;3H,1-2H3. The lowest BCUT2D eigenvalue weighted by Gasteiger charge is -2.28. The minimum absolute atomic E-state index is 0.133. The van der Waals surface area contributed by atoms with E-state index in [1.807, 2.05) is 14.1 Å². The number of rotatable bonds is 7. The van der Waals surface area contributed by atoms with Gasteiger partial charge < -0.3 is 30.6 Å². The van der Waals surface area contributed by atoms with Crippen LogP contribution < -0.4 is 26.0 Å². The summed E-state index contributed by atoms with van der Waals surface area (Å²) >= 11 is 0. The van der Waals surface area contributed by atoms with Gasteiger partial charge in [0.25, 0.3) is 0 Å². The van der Waals surface area contributed by atoms with E-state index in [-0.39, 0.29) is 18.8 Å². The van der Waals surface area contributed by atoms with E-state index in [4.69, 9.17) is 4.74 Å². The number of piperidine rings is 1. The van der Waals surface area contributed by atoms with Gasteiger partial charge in [0.1, 0.15) is 24.8 Å². The molecular formula is C28H33F4N5O2. The van der Waals surface area contributed by atoms with E-state index in [9.17, 15) is 22.4 Å². The van der Waals surface area contributed by atoms with Gasteiger partial charge in [-0.05, 0) is 69.4 Å². The molecule has 2 heterocycles. The average molecular weight is 548 g/mol. The van der Waals surface area contributed by atoms with E-state index in [2.05, 4.69) is 33.1 Å². The summed E-state index contributed by atoms with van der Waals surface area (Å²) in [4.78, 5) is 11.0. The molecule has 0 radical (unpaired) electrons. The average Bonchev–Trinajstić information content (AvgIpc) is 3.25. The molecule has 39 heavy (non-hydrogen) atoms. The highest BCUT2D eigenvalue weighted by molar-refractivity contribution is 5.94. The molecule has 0 aliphatic carbocycles. The number of alkyl halides is 4. The smallest absolute Gasteiger partial charge is 0.406 e. The van der Waals surface area contributed by atoms with Crippen LogP contribution in [-0.4, -0.2) is 70.1 Å². The fourth-order valence-corrected chi connectivity index (χ4v) is 4.25. The Bertz CT molecular complexity index is 1310. The largest absolute Gasteiger partial charge is 0.495 e. The van der Waals surface area contributed by atoms with E-state index < -0.39 is 24.9 Å². The zero-order chi connectivity index (χ0) is 28.4. The Morgan fingerprint density at radius 1 is 1.18 bits per heavy atom. The number of nitrogens with one attached hydrogen (secondary N) is 4. The van der Waals surface area contributed by atoms with Gasteiger partial charge in [-0.3, -0.25) is 4.79 Å². The number of ether oxygens (including phenoxy) is 1. The van der Waals surface area contributed by atoms with Gasteiger partial charge in [-0.15, -0.1) is 0 Å². The van der Waals surface area contributed by atoms with Gasteiger partial charge in [-0.1, -0.05) is 12.0 Å². The van der Waals surface area contributed by atoms with Crippen molar-refractivity contribution in [3.05, 3.63) is 53.7 Å². The molecule has 3 aromatic rings. The van der Waals surface area contributed by atoms with Crippen molar-refractivity contribution >= 4 is 28.6 Å². The number of nitrogens with zero attached hydrogens (tertiary/aromatic N) is 1. The Balaban J connectivity index is 0.00000134. The third-order valence-electron chi connectivity index (χ3n) is 5.98. The molecule has 4 N–H and O–H groups in total. The number of aromatic nitrogens is 1. The maximum Gasteiger partial charge on any atom is 0.406 e. The second-order valence-electron chi connectivity index (χ2n) is 8.96. The second kappa shape index (κ2) is 13.9. The summed E-state index contributed by atoms with van der Waals surface area (Å²) < 4.78 is 61.0. The van der Waals surface area contributed by atoms with E-state index in [0.29, 0.717) is 52.8 Å². The Kier molecular flexibility index (Phi) is 10.6. The van der Waals surface area contributed by atoms with Crippen molar-refractivity contribution in [1.82, 2.24) is 15.2 Å². The molecule has 0 spiro atoms. The molecule has 11 heteroatoms. The number of fused-ring (bicyclic) bond motifs is 1. The van der Waals surface area contributed by atoms with Gasteiger partial charge in [0.05, 0.1) is 36.6 Å². The van der Waals surface area contributed by atoms with Gasteiger partial charge in [0, 0.05) is 23.2 Å². The Hall–Kier alpha value is -3.75. The molecule has 1 aromatic heterocycles. The van der Waals surface area contributed by atoms with Crippen LogP contribution in [0.15, 0.2) is 42.5 Å². The molecule has 1 fully saturated rings. The molecule has 1 saturated heterocycles. The van der Waals surface area contributed by atoms with Gasteiger partial charge in [-0.2, -0.15) is 13.2 Å². The highest BCUT2D eigenvalue weighted by atomic mass is 19.4. The number of aldehydes is 1. The van der Waals surface area contributed by atoms with Gasteiger partial charge >= 0.3 is 6.18 Å². The molecule has 0 saturated carbocycles. The Labute approximate surface area is 225 Å². The molecule has 0 amide bonds. The third kappa shape index (κ3) is 8.12. The number of halogens is 4. The van der Waals surface area contributed by atoms with Gasteiger partial charge in [0.2, 0.25) is 0 Å². The molecule has 1 aliphatic rings. The lowest BCUT2D eigenvalue weighted by Crippen LogP contribution is -2.45. The number of carbonyl (C=O) groups is 1. The first-order valence-electron chi connectivity index (χ1n) is 12.5. The van der Waals surface area contributed by atoms with Crippen molar-refractivity contribution in [1.29, 1.82) is 0 Å². The van der Waals surface area contributed by atoms with Crippen molar-refractivity contribution in [3.63, 3.8) is 0 Å². The minimum Gasteiger partial charge on any atom is -0.495 e. The molecular weight excluding hydrogens is 514 g/mol. The van der Waals surface area contributed by atoms with E-state index in [1.165, 1.54) is 7.11 Å². The molecule has 0 bridgehead atoms. The molecule has 210 valence electrons. The lowest BCUT2D eigenvalue weighted by atomic mass is 10.0. The van der Waals surface area contributed by atoms with E-state index in [0.717, 1.165) is 4.57 Å². The summed E-state index contributed by atoms with van der Waals surface area (Å²) in [5.74, 6) is 6.15. The normalized spacial score (nSPS) is 16.9. The van der Waals surface area contributed by atoms with Crippen LogP contribution in [0.3, 0.4) is 0 Å². The predicted octanol–water partition coefficient (Wildman–Crippen LogP) is 4.44. The summed E-state index contributed by atoms with van der Waals surface area (Å²) in [5.41, 5.74) is 2.19. The maximum absolute atomic E-state index is 14.3. The summed E-state index contributed by atoms with van der Waals surface area (Å²) in [6.45, 7) is -0.170. The van der Waals surface area contributed by atoms with Crippen molar-refractivity contribution in [2.45, 2.75) is 31.4 Å². The van der Waals surface area contributed by atoms with Crippen LogP contribution in [0.5, 0.6) is 5.75 Å². The lowest BCUT2D eigenvalue weighted by molar-refractivity contribution is -0.140. The topological polar surface area (TPSA) is 79.3 Å². The summed E-state index contributed by atoms with van der Waals surface area (Å²) in [7, 11) is 5.22. The fourth-order valence-electron chi connectivity index (χ4n) is 4.25. The van der Waals surface area contributed by atoms with Crippen LogP contribution in [0.2, 0.25) is 0 Å². The summed E-state index contributed by atoms with van der Waals surface area (Å²) in [6.07, 6.45) is -4.28. The monoisotopic (exact) mass is 547 g/mol. The molecule has 2 atom stereocenters. The summed E-state index contributed by atoms with van der Waals surface area (Å²) in [6, 6.07) is 11.0. The van der Waals surface area contributed by atoms with Gasteiger partial charge in [-0.25, -0.2) is 4.39 Å². The van der Waals surface area contributed by atoms with Crippen molar-refractivity contribution in [2.24, 2.45) is 0 Å². The molecule has 4 rings (SSSR count). The maximum atomic E-state index is 14.3. The Morgan fingerprint density at radius 2 is 1.95 bits per heavy atom. The molecule has 2 aromatic carbocycles. The first-order valence-corrected chi connectivity index (χ1v) is 12.5. The molecule has 2 unspecified atom stereocenters. The first-order chi connectivity index (χ1) is 18.7. The zero-order valence-electron chi connectivity index (χ0n) is 22.1. The number of hydrogen-bond donors (Lipinski definition) is 4. The quantitative estimate of drug-likeness (QED) is 0.199. The number of methoxy groups -OCH3 is 1.